The van der Waals surface area contributed by atoms with Gasteiger partial charge in [0.1, 0.15) is 0 Å². The lowest BCUT2D eigenvalue weighted by molar-refractivity contribution is 0.00578. The minimum Gasteiger partial charge on any atom is -0.402 e. The van der Waals surface area contributed by atoms with Gasteiger partial charge in [0.05, 0.1) is 16.5 Å². The molecule has 0 aromatic carbocycles. The average molecular weight is 261 g/mol. The number of alkyl halides is 1. The van der Waals surface area contributed by atoms with Crippen molar-refractivity contribution < 1.29 is 9.31 Å². The lowest BCUT2D eigenvalue weighted by Crippen LogP contribution is -2.41. The van der Waals surface area contributed by atoms with E-state index in [1.165, 1.54) is 19.3 Å². The van der Waals surface area contributed by atoms with Crippen LogP contribution < -0.4 is 0 Å². The molecule has 0 aromatic heterocycles. The number of halogens is 1. The third kappa shape index (κ3) is 3.87. The summed E-state index contributed by atoms with van der Waals surface area (Å²) in [6, 6.07) is 0. The van der Waals surface area contributed by atoms with E-state index in [0.29, 0.717) is 0 Å². The summed E-state index contributed by atoms with van der Waals surface area (Å²) in [4.78, 5) is 0. The van der Waals surface area contributed by atoms with Gasteiger partial charge >= 0.3 is 7.12 Å². The first kappa shape index (κ1) is 15.3. The van der Waals surface area contributed by atoms with Crippen molar-refractivity contribution in [1.29, 1.82) is 0 Å². The fraction of sp³-hybridized carbons (Fsp3) is 1.00. The van der Waals surface area contributed by atoms with Gasteiger partial charge in [0.15, 0.2) is 0 Å². The highest BCUT2D eigenvalue weighted by Crippen LogP contribution is 2.38. The van der Waals surface area contributed by atoms with Crippen LogP contribution in [0.3, 0.4) is 0 Å². The summed E-state index contributed by atoms with van der Waals surface area (Å²) in [5.41, 5.74) is -0.539. The summed E-state index contributed by atoms with van der Waals surface area (Å²) in [6.45, 7) is 10.5. The van der Waals surface area contributed by atoms with E-state index in [4.69, 9.17) is 20.9 Å². The Labute approximate surface area is 112 Å². The van der Waals surface area contributed by atoms with Gasteiger partial charge in [-0.3, -0.25) is 0 Å². The highest BCUT2D eigenvalue weighted by molar-refractivity contribution is 6.59. The molecule has 0 amide bonds. The van der Waals surface area contributed by atoms with E-state index in [0.717, 1.165) is 12.8 Å². The molecule has 0 N–H and O–H groups in total. The van der Waals surface area contributed by atoms with Crippen LogP contribution in [0.5, 0.6) is 0 Å². The first-order valence-corrected chi connectivity index (χ1v) is 7.23. The first-order valence-electron chi connectivity index (χ1n) is 6.80. The average Bonchev–Trinajstić information content (AvgIpc) is 2.43. The van der Waals surface area contributed by atoms with Crippen molar-refractivity contribution in [1.82, 2.24) is 0 Å². The summed E-state index contributed by atoms with van der Waals surface area (Å²) in [6.07, 6.45) is 5.92. The summed E-state index contributed by atoms with van der Waals surface area (Å²) in [5, 5.41) is -0.0343. The number of unbranched alkanes of at least 4 members (excludes halogenated alkanes) is 3. The van der Waals surface area contributed by atoms with E-state index < -0.39 is 0 Å². The van der Waals surface area contributed by atoms with E-state index in [1.54, 1.807) is 0 Å². The molecule has 1 saturated heterocycles. The van der Waals surface area contributed by atoms with Crippen LogP contribution in [-0.4, -0.2) is 23.6 Å². The van der Waals surface area contributed by atoms with Crippen LogP contribution in [0.25, 0.3) is 0 Å². The molecule has 1 aliphatic rings. The lowest BCUT2D eigenvalue weighted by atomic mass is 9.81. The summed E-state index contributed by atoms with van der Waals surface area (Å²) in [7, 11) is -0.261. The van der Waals surface area contributed by atoms with E-state index in [-0.39, 0.29) is 23.6 Å². The van der Waals surface area contributed by atoms with Crippen LogP contribution >= 0.6 is 11.6 Å². The first-order chi connectivity index (χ1) is 7.80. The normalized spacial score (nSPS) is 24.0. The van der Waals surface area contributed by atoms with Gasteiger partial charge in [-0.1, -0.05) is 32.6 Å². The van der Waals surface area contributed by atoms with Crippen LogP contribution in [0.4, 0.5) is 0 Å². The molecule has 0 radical (unpaired) electrons. The molecule has 1 rings (SSSR count). The van der Waals surface area contributed by atoms with Crippen LogP contribution in [0.1, 0.15) is 66.7 Å². The molecule has 2 nitrogen and oxygen atoms in total. The molecule has 0 aromatic rings. The highest BCUT2D eigenvalue weighted by atomic mass is 35.5. The maximum absolute atomic E-state index is 6.37. The smallest absolute Gasteiger partial charge is 0.402 e. The van der Waals surface area contributed by atoms with Gasteiger partial charge in [0, 0.05) is 0 Å². The van der Waals surface area contributed by atoms with E-state index in [9.17, 15) is 0 Å². The molecule has 0 bridgehead atoms. The predicted octanol–water partition coefficient (Wildman–Crippen LogP) is 4.20. The Morgan fingerprint density at radius 3 is 2.00 bits per heavy atom. The molecule has 0 spiro atoms. The van der Waals surface area contributed by atoms with Gasteiger partial charge in [-0.2, -0.15) is 0 Å². The molecule has 17 heavy (non-hydrogen) atoms. The second kappa shape index (κ2) is 5.94. The molecule has 4 heteroatoms. The molecule has 1 aliphatic heterocycles. The molecule has 1 unspecified atom stereocenters. The third-order valence-corrected chi connectivity index (χ3v) is 4.32. The molecule has 1 atom stereocenters. The second-order valence-corrected chi connectivity index (χ2v) is 6.55. The number of rotatable bonds is 6. The summed E-state index contributed by atoms with van der Waals surface area (Å²) in [5.74, 6) is 0. The number of hydrogen-bond acceptors (Lipinski definition) is 2. The van der Waals surface area contributed by atoms with Crippen molar-refractivity contribution in [3.05, 3.63) is 0 Å². The Morgan fingerprint density at radius 2 is 1.53 bits per heavy atom. The van der Waals surface area contributed by atoms with Crippen molar-refractivity contribution in [3.8, 4) is 0 Å². The molecule has 0 aliphatic carbocycles. The summed E-state index contributed by atoms with van der Waals surface area (Å²) >= 11 is 6.37. The van der Waals surface area contributed by atoms with Gasteiger partial charge in [-0.25, -0.2) is 0 Å². The molecule has 1 fully saturated rings. The lowest BCUT2D eigenvalue weighted by Gasteiger charge is -2.32. The van der Waals surface area contributed by atoms with E-state index >= 15 is 0 Å². The zero-order valence-electron chi connectivity index (χ0n) is 11.9. The van der Waals surface area contributed by atoms with Gasteiger partial charge in [-0.15, -0.1) is 11.6 Å². The van der Waals surface area contributed by atoms with Crippen LogP contribution in [0.2, 0.25) is 0 Å². The minimum absolute atomic E-state index is 0.0343. The number of hydrogen-bond donors (Lipinski definition) is 0. The monoisotopic (exact) mass is 260 g/mol. The van der Waals surface area contributed by atoms with Crippen molar-refractivity contribution in [2.24, 2.45) is 0 Å². The Balaban J connectivity index is 2.37. The topological polar surface area (TPSA) is 18.5 Å². The fourth-order valence-electron chi connectivity index (χ4n) is 1.94. The van der Waals surface area contributed by atoms with Crippen molar-refractivity contribution in [3.63, 3.8) is 0 Å². The Hall–Kier alpha value is 0.275. The van der Waals surface area contributed by atoms with Crippen molar-refractivity contribution in [2.75, 3.05) is 0 Å². The Kier molecular flexibility index (Phi) is 5.36. The van der Waals surface area contributed by atoms with Crippen LogP contribution in [-0.2, 0) is 9.31 Å². The summed E-state index contributed by atoms with van der Waals surface area (Å²) < 4.78 is 11.9. The van der Waals surface area contributed by atoms with Crippen LogP contribution in [0, 0.1) is 0 Å². The van der Waals surface area contributed by atoms with E-state index in [1.807, 2.05) is 0 Å². The van der Waals surface area contributed by atoms with Crippen molar-refractivity contribution >= 4 is 18.7 Å². The zero-order chi connectivity index (χ0) is 13.1. The van der Waals surface area contributed by atoms with Crippen molar-refractivity contribution in [2.45, 2.75) is 83.2 Å². The molecule has 0 saturated carbocycles. The van der Waals surface area contributed by atoms with Crippen LogP contribution in [0.15, 0.2) is 0 Å². The Bertz CT molecular complexity index is 228. The van der Waals surface area contributed by atoms with Gasteiger partial charge in [0.2, 0.25) is 0 Å². The Morgan fingerprint density at radius 1 is 1.00 bits per heavy atom. The molecule has 100 valence electrons. The zero-order valence-corrected chi connectivity index (χ0v) is 12.6. The van der Waals surface area contributed by atoms with Gasteiger partial charge < -0.3 is 9.31 Å². The molecular weight excluding hydrogens is 234 g/mol. The fourth-order valence-corrected chi connectivity index (χ4v) is 2.20. The largest absolute Gasteiger partial charge is 0.476 e. The quantitative estimate of drug-likeness (QED) is 0.405. The molecular formula is C13H26BClO2. The SMILES string of the molecule is CCCCCCC(Cl)B1OC(C)(C)C(C)(C)O1. The van der Waals surface area contributed by atoms with E-state index in [2.05, 4.69) is 34.6 Å². The predicted molar refractivity (Wildman–Crippen MR) is 74.5 cm³/mol. The molecule has 1 heterocycles. The van der Waals surface area contributed by atoms with Gasteiger partial charge in [-0.05, 0) is 34.1 Å². The standard InChI is InChI=1S/C13H26BClO2/c1-6-7-8-9-10-11(15)14-16-12(2,3)13(4,5)17-14/h11H,6-10H2,1-5H3. The second-order valence-electron chi connectivity index (χ2n) is 5.99. The highest BCUT2D eigenvalue weighted by Gasteiger charge is 2.53. The maximum atomic E-state index is 6.37. The minimum atomic E-state index is -0.270. The third-order valence-electron chi connectivity index (χ3n) is 3.90. The maximum Gasteiger partial charge on any atom is 0.476 e. The van der Waals surface area contributed by atoms with Gasteiger partial charge in [0.25, 0.3) is 0 Å².